The molecule has 2 aliphatic rings. The molecule has 8 heteroatoms. The van der Waals surface area contributed by atoms with Crippen molar-refractivity contribution >= 4 is 5.91 Å². The molecule has 0 radical (unpaired) electrons. The molecule has 3 aromatic rings. The van der Waals surface area contributed by atoms with E-state index in [1.165, 1.54) is 6.07 Å². The summed E-state index contributed by atoms with van der Waals surface area (Å²) in [6, 6.07) is 18.0. The molecule has 1 saturated heterocycles. The van der Waals surface area contributed by atoms with Crippen LogP contribution in [0.25, 0.3) is 0 Å². The summed E-state index contributed by atoms with van der Waals surface area (Å²) < 4.78 is 26.4. The van der Waals surface area contributed by atoms with E-state index < -0.39 is 12.1 Å². The number of morpholine rings is 1. The van der Waals surface area contributed by atoms with Crippen LogP contribution in [0.15, 0.2) is 73.1 Å². The van der Waals surface area contributed by atoms with Crippen molar-refractivity contribution in [1.82, 2.24) is 20.1 Å². The van der Waals surface area contributed by atoms with Gasteiger partial charge in [-0.3, -0.25) is 19.6 Å². The highest BCUT2D eigenvalue weighted by molar-refractivity contribution is 5.83. The predicted octanol–water partition coefficient (Wildman–Crippen LogP) is 3.35. The molecular formula is C28H31FN4O3. The Balaban J connectivity index is 1.28. The molecule has 1 aromatic heterocycles. The SMILES string of the molecule is O=C(NCCN1Cc2ccccc2O[C@H](c2ccccc2F)C1)[C@@H](c1cccnc1)N1CCOCC1. The number of carbonyl (C=O) groups is 1. The summed E-state index contributed by atoms with van der Waals surface area (Å²) >= 11 is 0. The summed E-state index contributed by atoms with van der Waals surface area (Å²) in [5.41, 5.74) is 2.45. The molecule has 1 fully saturated rings. The average Bonchev–Trinajstić information content (AvgIpc) is 3.09. The van der Waals surface area contributed by atoms with Crippen LogP contribution in [0.5, 0.6) is 5.75 Å². The second-order valence-electron chi connectivity index (χ2n) is 9.10. The maximum absolute atomic E-state index is 14.6. The van der Waals surface area contributed by atoms with E-state index in [-0.39, 0.29) is 11.7 Å². The number of hydrogen-bond donors (Lipinski definition) is 1. The summed E-state index contributed by atoms with van der Waals surface area (Å²) in [7, 11) is 0. The third kappa shape index (κ3) is 5.73. The summed E-state index contributed by atoms with van der Waals surface area (Å²) in [5.74, 6) is 0.434. The molecule has 1 N–H and O–H groups in total. The van der Waals surface area contributed by atoms with Crippen molar-refractivity contribution in [3.05, 3.63) is 95.6 Å². The highest BCUT2D eigenvalue weighted by atomic mass is 19.1. The smallest absolute Gasteiger partial charge is 0.242 e. The zero-order valence-corrected chi connectivity index (χ0v) is 20.2. The Morgan fingerprint density at radius 3 is 2.69 bits per heavy atom. The third-order valence-electron chi connectivity index (χ3n) is 6.70. The lowest BCUT2D eigenvalue weighted by Crippen LogP contribution is -2.47. The van der Waals surface area contributed by atoms with Crippen molar-refractivity contribution in [2.75, 3.05) is 45.9 Å². The van der Waals surface area contributed by atoms with E-state index in [1.54, 1.807) is 24.5 Å². The molecule has 36 heavy (non-hydrogen) atoms. The van der Waals surface area contributed by atoms with Crippen molar-refractivity contribution < 1.29 is 18.7 Å². The summed E-state index contributed by atoms with van der Waals surface area (Å²) in [6.45, 7) is 4.84. The summed E-state index contributed by atoms with van der Waals surface area (Å²) in [5, 5.41) is 3.13. The van der Waals surface area contributed by atoms with Crippen molar-refractivity contribution in [2.45, 2.75) is 18.7 Å². The fraction of sp³-hybridized carbons (Fsp3) is 0.357. The summed E-state index contributed by atoms with van der Waals surface area (Å²) in [4.78, 5) is 21.9. The van der Waals surface area contributed by atoms with E-state index in [9.17, 15) is 9.18 Å². The van der Waals surface area contributed by atoms with Crippen LogP contribution in [-0.2, 0) is 16.1 Å². The maximum atomic E-state index is 14.6. The largest absolute Gasteiger partial charge is 0.484 e. The van der Waals surface area contributed by atoms with E-state index in [0.717, 1.165) is 16.9 Å². The lowest BCUT2D eigenvalue weighted by molar-refractivity contribution is -0.128. The second-order valence-corrected chi connectivity index (χ2v) is 9.10. The van der Waals surface area contributed by atoms with Crippen molar-refractivity contribution in [3.8, 4) is 5.75 Å². The van der Waals surface area contributed by atoms with Gasteiger partial charge in [-0.05, 0) is 23.8 Å². The first-order valence-corrected chi connectivity index (χ1v) is 12.4. The van der Waals surface area contributed by atoms with Gasteiger partial charge in [-0.15, -0.1) is 0 Å². The first-order valence-electron chi connectivity index (χ1n) is 12.4. The maximum Gasteiger partial charge on any atom is 0.242 e. The Morgan fingerprint density at radius 1 is 1.08 bits per heavy atom. The average molecular weight is 491 g/mol. The number of rotatable bonds is 7. The van der Waals surface area contributed by atoms with Gasteiger partial charge in [0.1, 0.15) is 23.7 Å². The summed E-state index contributed by atoms with van der Waals surface area (Å²) in [6.07, 6.45) is 3.02. The quantitative estimate of drug-likeness (QED) is 0.548. The van der Waals surface area contributed by atoms with Crippen LogP contribution >= 0.6 is 0 Å². The van der Waals surface area contributed by atoms with E-state index >= 15 is 0 Å². The Bertz CT molecular complexity index is 1160. The number of amides is 1. The van der Waals surface area contributed by atoms with Crippen molar-refractivity contribution in [1.29, 1.82) is 0 Å². The number of ether oxygens (including phenoxy) is 2. The van der Waals surface area contributed by atoms with Gasteiger partial charge in [0.05, 0.1) is 13.2 Å². The normalized spacial score (nSPS) is 19.5. The monoisotopic (exact) mass is 490 g/mol. The highest BCUT2D eigenvalue weighted by Gasteiger charge is 2.30. The van der Waals surface area contributed by atoms with Gasteiger partial charge in [-0.2, -0.15) is 0 Å². The fourth-order valence-corrected chi connectivity index (χ4v) is 4.88. The van der Waals surface area contributed by atoms with Crippen molar-refractivity contribution in [3.63, 3.8) is 0 Å². The first kappa shape index (κ1) is 24.4. The van der Waals surface area contributed by atoms with Gasteiger partial charge in [-0.25, -0.2) is 4.39 Å². The molecule has 0 bridgehead atoms. The molecule has 5 rings (SSSR count). The zero-order valence-electron chi connectivity index (χ0n) is 20.2. The van der Waals surface area contributed by atoms with Crippen LogP contribution < -0.4 is 10.1 Å². The predicted molar refractivity (Wildman–Crippen MR) is 134 cm³/mol. The highest BCUT2D eigenvalue weighted by Crippen LogP contribution is 2.32. The minimum Gasteiger partial charge on any atom is -0.484 e. The van der Waals surface area contributed by atoms with Gasteiger partial charge in [0.15, 0.2) is 0 Å². The third-order valence-corrected chi connectivity index (χ3v) is 6.70. The van der Waals surface area contributed by atoms with Crippen LogP contribution in [-0.4, -0.2) is 66.6 Å². The zero-order chi connectivity index (χ0) is 24.7. The number of benzene rings is 2. The minimum absolute atomic E-state index is 0.0537. The molecule has 0 unspecified atom stereocenters. The Labute approximate surface area is 210 Å². The number of nitrogens with zero attached hydrogens (tertiary/aromatic N) is 3. The van der Waals surface area contributed by atoms with Crippen molar-refractivity contribution in [2.24, 2.45) is 0 Å². The Hall–Kier alpha value is -3.33. The van der Waals surface area contributed by atoms with E-state index in [4.69, 9.17) is 9.47 Å². The molecule has 0 saturated carbocycles. The number of carbonyl (C=O) groups excluding carboxylic acids is 1. The van der Waals surface area contributed by atoms with Crippen LogP contribution in [0.3, 0.4) is 0 Å². The van der Waals surface area contributed by atoms with Crippen LogP contribution in [0.2, 0.25) is 0 Å². The molecule has 188 valence electrons. The number of halogens is 1. The van der Waals surface area contributed by atoms with Gasteiger partial charge in [0.25, 0.3) is 0 Å². The minimum atomic E-state index is -0.443. The first-order chi connectivity index (χ1) is 17.7. The Morgan fingerprint density at radius 2 is 1.89 bits per heavy atom. The number of fused-ring (bicyclic) bond motifs is 1. The van der Waals surface area contributed by atoms with Gasteiger partial charge in [-0.1, -0.05) is 42.5 Å². The Kier molecular flexibility index (Phi) is 7.85. The molecule has 7 nitrogen and oxygen atoms in total. The molecule has 0 spiro atoms. The lowest BCUT2D eigenvalue weighted by Gasteiger charge is -2.33. The van der Waals surface area contributed by atoms with E-state index in [2.05, 4.69) is 20.1 Å². The van der Waals surface area contributed by atoms with E-state index in [1.807, 2.05) is 42.5 Å². The molecule has 1 amide bonds. The molecular weight excluding hydrogens is 459 g/mol. The fourth-order valence-electron chi connectivity index (χ4n) is 4.88. The lowest BCUT2D eigenvalue weighted by atomic mass is 10.1. The molecule has 3 heterocycles. The molecule has 2 aromatic carbocycles. The number of aromatic nitrogens is 1. The molecule has 2 aliphatic heterocycles. The van der Waals surface area contributed by atoms with Crippen LogP contribution in [0.4, 0.5) is 4.39 Å². The standard InChI is InChI=1S/C28H31FN4O3/c29-24-9-3-2-8-23(24)26-20-32(19-22-6-1-4-10-25(22)36-26)13-12-31-28(34)27(21-7-5-11-30-18-21)33-14-16-35-17-15-33/h1-11,18,26-27H,12-17,19-20H2,(H,31,34)/t26-,27+/m0/s1. The number of pyridine rings is 1. The van der Waals surface area contributed by atoms with Gasteiger partial charge in [0, 0.05) is 62.8 Å². The number of para-hydroxylation sites is 1. The topological polar surface area (TPSA) is 66.9 Å². The van der Waals surface area contributed by atoms with Crippen LogP contribution in [0, 0.1) is 5.82 Å². The number of nitrogens with one attached hydrogen (secondary N) is 1. The van der Waals surface area contributed by atoms with Gasteiger partial charge < -0.3 is 14.8 Å². The number of hydrogen-bond acceptors (Lipinski definition) is 6. The van der Waals surface area contributed by atoms with Crippen LogP contribution in [0.1, 0.15) is 28.8 Å². The van der Waals surface area contributed by atoms with Gasteiger partial charge in [0.2, 0.25) is 5.91 Å². The molecule has 2 atom stereocenters. The second kappa shape index (κ2) is 11.6. The van der Waals surface area contributed by atoms with E-state index in [0.29, 0.717) is 58.0 Å². The molecule has 0 aliphatic carbocycles. The van der Waals surface area contributed by atoms with Gasteiger partial charge >= 0.3 is 0 Å².